The molecule has 0 saturated heterocycles. The third-order valence-corrected chi connectivity index (χ3v) is 4.22. The monoisotopic (exact) mass is 312 g/mol. The molecule has 0 aromatic heterocycles. The largest absolute Gasteiger partial charge is 0.454 e. The Bertz CT molecular complexity index is 338. The number of ether oxygens (including phenoxy) is 4. The number of carbonyl (C=O) groups is 1. The summed E-state index contributed by atoms with van der Waals surface area (Å²) in [7, 11) is 0. The highest BCUT2D eigenvalue weighted by Crippen LogP contribution is 2.32. The molecule has 0 bridgehead atoms. The van der Waals surface area contributed by atoms with E-state index >= 15 is 0 Å². The molecule has 0 aliphatic heterocycles. The Morgan fingerprint density at radius 3 is 2.00 bits per heavy atom. The number of hydrogen-bond donors (Lipinski definition) is 0. The van der Waals surface area contributed by atoms with Gasteiger partial charge in [0.05, 0.1) is 12.2 Å². The van der Waals surface area contributed by atoms with E-state index in [4.69, 9.17) is 18.9 Å². The van der Waals surface area contributed by atoms with E-state index in [-0.39, 0.29) is 18.8 Å². The van der Waals surface area contributed by atoms with Crippen LogP contribution in [0.3, 0.4) is 0 Å². The lowest BCUT2D eigenvalue weighted by Crippen LogP contribution is -2.48. The first kappa shape index (κ1) is 17.4. The highest BCUT2D eigenvalue weighted by atomic mass is 16.9. The molecule has 0 N–H and O–H groups in total. The second-order valence-corrected chi connectivity index (χ2v) is 5.98. The minimum atomic E-state index is -1.28. The van der Waals surface area contributed by atoms with Crippen molar-refractivity contribution in [3.8, 4) is 0 Å². The van der Waals surface area contributed by atoms with Crippen LogP contribution in [0.5, 0.6) is 0 Å². The summed E-state index contributed by atoms with van der Waals surface area (Å²) < 4.78 is 23.3. The summed E-state index contributed by atoms with van der Waals surface area (Å²) in [6.07, 6.45) is 9.97. The van der Waals surface area contributed by atoms with Crippen LogP contribution in [0.15, 0.2) is 12.7 Å². The zero-order valence-corrected chi connectivity index (χ0v) is 13.6. The summed E-state index contributed by atoms with van der Waals surface area (Å²) in [6.45, 7) is 5.68. The van der Waals surface area contributed by atoms with E-state index < -0.39 is 11.9 Å². The van der Waals surface area contributed by atoms with E-state index in [2.05, 4.69) is 6.58 Å². The van der Waals surface area contributed by atoms with Crippen molar-refractivity contribution in [3.63, 3.8) is 0 Å². The average molecular weight is 312 g/mol. The Kier molecular flexibility index (Phi) is 6.86. The predicted octanol–water partition coefficient (Wildman–Crippen LogP) is 3.32. The molecule has 2 aliphatic rings. The summed E-state index contributed by atoms with van der Waals surface area (Å²) in [6, 6.07) is 0. The number of hydrogen-bond acceptors (Lipinski definition) is 5. The van der Waals surface area contributed by atoms with Crippen molar-refractivity contribution in [2.24, 2.45) is 0 Å². The van der Waals surface area contributed by atoms with E-state index in [1.165, 1.54) is 0 Å². The van der Waals surface area contributed by atoms with Crippen molar-refractivity contribution in [2.45, 2.75) is 76.5 Å². The molecule has 0 aromatic rings. The molecule has 5 nitrogen and oxygen atoms in total. The van der Waals surface area contributed by atoms with Gasteiger partial charge in [0, 0.05) is 12.7 Å². The first-order valence-corrected chi connectivity index (χ1v) is 8.46. The minimum absolute atomic E-state index is 0.0569. The maximum absolute atomic E-state index is 11.4. The van der Waals surface area contributed by atoms with Gasteiger partial charge in [0.15, 0.2) is 6.61 Å². The Balaban J connectivity index is 2.04. The van der Waals surface area contributed by atoms with E-state index in [1.54, 1.807) is 0 Å². The zero-order chi connectivity index (χ0) is 15.8. The van der Waals surface area contributed by atoms with E-state index in [0.717, 1.165) is 57.4 Å². The fourth-order valence-corrected chi connectivity index (χ4v) is 3.16. The van der Waals surface area contributed by atoms with Crippen LogP contribution in [0.25, 0.3) is 0 Å². The standard InChI is InChI=1S/C17H28O5/c1-3-16(18)19-13-17(20-4-2,21-14-9-5-6-10-14)22-15-11-7-8-12-15/h3,14-15H,1,4-13H2,2H3. The molecular weight excluding hydrogens is 284 g/mol. The van der Waals surface area contributed by atoms with Gasteiger partial charge >= 0.3 is 11.9 Å². The van der Waals surface area contributed by atoms with Gasteiger partial charge < -0.3 is 18.9 Å². The summed E-state index contributed by atoms with van der Waals surface area (Å²) in [4.78, 5) is 11.4. The van der Waals surface area contributed by atoms with Crippen molar-refractivity contribution in [2.75, 3.05) is 13.2 Å². The molecule has 22 heavy (non-hydrogen) atoms. The predicted molar refractivity (Wildman–Crippen MR) is 82.2 cm³/mol. The van der Waals surface area contributed by atoms with Crippen LogP contribution < -0.4 is 0 Å². The summed E-state index contributed by atoms with van der Waals surface area (Å²) in [5.74, 6) is -1.77. The van der Waals surface area contributed by atoms with E-state index in [9.17, 15) is 4.79 Å². The molecule has 0 atom stereocenters. The summed E-state index contributed by atoms with van der Waals surface area (Å²) >= 11 is 0. The van der Waals surface area contributed by atoms with E-state index in [0.29, 0.717) is 6.61 Å². The Hall–Kier alpha value is -0.910. The molecule has 2 rings (SSSR count). The maximum Gasteiger partial charge on any atom is 0.330 e. The molecule has 2 saturated carbocycles. The summed E-state index contributed by atoms with van der Waals surface area (Å²) in [5, 5.41) is 0. The SMILES string of the molecule is C=CC(=O)OCC(OCC)(OC1CCCC1)OC1CCCC1. The molecule has 2 aliphatic carbocycles. The first-order valence-electron chi connectivity index (χ1n) is 8.46. The third kappa shape index (κ3) is 5.07. The van der Waals surface area contributed by atoms with Crippen molar-refractivity contribution >= 4 is 5.97 Å². The molecule has 0 heterocycles. The van der Waals surface area contributed by atoms with Gasteiger partial charge in [0.1, 0.15) is 0 Å². The van der Waals surface area contributed by atoms with Crippen molar-refractivity contribution < 1.29 is 23.7 Å². The molecule has 0 amide bonds. The molecular formula is C17H28O5. The minimum Gasteiger partial charge on any atom is -0.454 e. The molecule has 0 spiro atoms. The zero-order valence-electron chi connectivity index (χ0n) is 13.6. The Morgan fingerprint density at radius 2 is 1.59 bits per heavy atom. The van der Waals surface area contributed by atoms with Crippen LogP contribution in [-0.2, 0) is 23.7 Å². The topological polar surface area (TPSA) is 54.0 Å². The maximum atomic E-state index is 11.4. The smallest absolute Gasteiger partial charge is 0.330 e. The molecule has 2 fully saturated rings. The average Bonchev–Trinajstić information content (AvgIpc) is 3.19. The first-order chi connectivity index (χ1) is 10.7. The quantitative estimate of drug-likeness (QED) is 0.371. The van der Waals surface area contributed by atoms with Crippen LogP contribution in [0.1, 0.15) is 58.3 Å². The van der Waals surface area contributed by atoms with Gasteiger partial charge in [-0.25, -0.2) is 4.79 Å². The highest BCUT2D eigenvalue weighted by Gasteiger charge is 2.41. The van der Waals surface area contributed by atoms with Gasteiger partial charge in [-0.1, -0.05) is 32.3 Å². The normalized spacial score (nSPS) is 20.4. The van der Waals surface area contributed by atoms with Crippen LogP contribution in [0, 0.1) is 0 Å². The number of rotatable bonds is 9. The molecule has 0 unspecified atom stereocenters. The Morgan fingerprint density at radius 1 is 1.09 bits per heavy atom. The molecule has 0 radical (unpaired) electrons. The number of esters is 1. The van der Waals surface area contributed by atoms with Gasteiger partial charge in [-0.3, -0.25) is 0 Å². The lowest BCUT2D eigenvalue weighted by molar-refractivity contribution is -0.413. The van der Waals surface area contributed by atoms with Gasteiger partial charge in [-0.15, -0.1) is 0 Å². The number of carbonyl (C=O) groups excluding carboxylic acids is 1. The van der Waals surface area contributed by atoms with Crippen molar-refractivity contribution in [1.29, 1.82) is 0 Å². The fourth-order valence-electron chi connectivity index (χ4n) is 3.16. The van der Waals surface area contributed by atoms with Crippen molar-refractivity contribution in [1.82, 2.24) is 0 Å². The van der Waals surface area contributed by atoms with Crippen LogP contribution in [0.2, 0.25) is 0 Å². The van der Waals surface area contributed by atoms with Crippen LogP contribution in [0.4, 0.5) is 0 Å². The van der Waals surface area contributed by atoms with Gasteiger partial charge in [0.25, 0.3) is 0 Å². The van der Waals surface area contributed by atoms with Crippen LogP contribution >= 0.6 is 0 Å². The highest BCUT2D eigenvalue weighted by molar-refractivity contribution is 5.81. The second kappa shape index (κ2) is 8.65. The lowest BCUT2D eigenvalue weighted by Gasteiger charge is -2.36. The van der Waals surface area contributed by atoms with Crippen LogP contribution in [-0.4, -0.2) is 37.4 Å². The second-order valence-electron chi connectivity index (χ2n) is 5.98. The van der Waals surface area contributed by atoms with Crippen molar-refractivity contribution in [3.05, 3.63) is 12.7 Å². The lowest BCUT2D eigenvalue weighted by atomic mass is 10.3. The fraction of sp³-hybridized carbons (Fsp3) is 0.824. The van der Waals surface area contributed by atoms with E-state index in [1.807, 2.05) is 6.92 Å². The molecule has 0 aromatic carbocycles. The summed E-state index contributed by atoms with van der Waals surface area (Å²) in [5.41, 5.74) is 0. The molecule has 5 heteroatoms. The van der Waals surface area contributed by atoms with Gasteiger partial charge in [-0.05, 0) is 32.6 Å². The third-order valence-electron chi connectivity index (χ3n) is 4.22. The van der Waals surface area contributed by atoms with Gasteiger partial charge in [-0.2, -0.15) is 0 Å². The Labute approximate surface area is 132 Å². The molecule has 126 valence electrons. The van der Waals surface area contributed by atoms with Gasteiger partial charge in [0.2, 0.25) is 0 Å².